The molecule has 37 heavy (non-hydrogen) atoms. The predicted octanol–water partition coefficient (Wildman–Crippen LogP) is 5.75. The minimum atomic E-state index is -0.818. The highest BCUT2D eigenvalue weighted by molar-refractivity contribution is 9.10. The number of Topliss-reactive ketones (excluding diaryl/α,β-unsaturated/α-hetero) is 2. The van der Waals surface area contributed by atoms with Crippen molar-refractivity contribution in [3.05, 3.63) is 56.5 Å². The molecule has 0 fully saturated rings. The number of nitrogen functional groups attached to an aromatic ring is 1. The third-order valence-corrected chi connectivity index (χ3v) is 5.55. The summed E-state index contributed by atoms with van der Waals surface area (Å²) in [5.41, 5.74) is 7.87. The molecule has 0 saturated heterocycles. The fraction of sp³-hybridized carbons (Fsp3) is 0.385. The number of hydrogen-bond acceptors (Lipinski definition) is 7. The molecule has 9 nitrogen and oxygen atoms in total. The Balaban J connectivity index is 0.000000586. The molecule has 0 saturated carbocycles. The van der Waals surface area contributed by atoms with E-state index < -0.39 is 5.97 Å². The predicted molar refractivity (Wildman–Crippen MR) is 151 cm³/mol. The lowest BCUT2D eigenvalue weighted by atomic mass is 10.1. The highest BCUT2D eigenvalue weighted by atomic mass is 79.9. The first kappa shape index (κ1) is 34.4. The first-order chi connectivity index (χ1) is 17.5. The quantitative estimate of drug-likeness (QED) is 0.207. The van der Waals surface area contributed by atoms with E-state index in [4.69, 9.17) is 15.6 Å². The third kappa shape index (κ3) is 14.7. The van der Waals surface area contributed by atoms with Gasteiger partial charge in [0.05, 0.1) is 31.7 Å². The molecule has 1 amide bonds. The second-order valence-corrected chi connectivity index (χ2v) is 9.23. The van der Waals surface area contributed by atoms with E-state index >= 15 is 0 Å². The second-order valence-electron chi connectivity index (χ2n) is 7.40. The zero-order chi connectivity index (χ0) is 28.4. The Labute approximate surface area is 234 Å². The average molecular weight is 646 g/mol. The van der Waals surface area contributed by atoms with Crippen LogP contribution >= 0.6 is 31.9 Å². The van der Waals surface area contributed by atoms with Gasteiger partial charge < -0.3 is 25.6 Å². The molecule has 2 rings (SSSR count). The number of anilines is 2. The molecule has 0 aliphatic heterocycles. The second kappa shape index (κ2) is 19.5. The topological polar surface area (TPSA) is 145 Å². The number of rotatable bonds is 11. The Kier molecular flexibility index (Phi) is 18.1. The van der Waals surface area contributed by atoms with Gasteiger partial charge in [0.1, 0.15) is 0 Å². The van der Waals surface area contributed by atoms with Gasteiger partial charge in [-0.3, -0.25) is 19.2 Å². The normalized spacial score (nSPS) is 9.78. The molecule has 0 aliphatic carbocycles. The van der Waals surface area contributed by atoms with Crippen LogP contribution in [0.5, 0.6) is 0 Å². The van der Waals surface area contributed by atoms with Crippen molar-refractivity contribution in [1.29, 1.82) is 0 Å². The van der Waals surface area contributed by atoms with Crippen LogP contribution in [0, 0.1) is 0 Å². The number of halogens is 2. The molecule has 0 heterocycles. The lowest BCUT2D eigenvalue weighted by molar-refractivity contribution is -0.138. The largest absolute Gasteiger partial charge is 0.481 e. The monoisotopic (exact) mass is 644 g/mol. The van der Waals surface area contributed by atoms with Gasteiger partial charge in [0.25, 0.3) is 0 Å². The number of nitrogens with two attached hydrogens (primary N) is 1. The van der Waals surface area contributed by atoms with Gasteiger partial charge in [0.15, 0.2) is 11.6 Å². The number of carboxylic acids is 1. The molecule has 0 radical (unpaired) electrons. The molecular weight excluding hydrogens is 612 g/mol. The number of nitrogens with one attached hydrogen (secondary N) is 1. The van der Waals surface area contributed by atoms with Crippen LogP contribution in [0.15, 0.2) is 45.3 Å². The van der Waals surface area contributed by atoms with Crippen LogP contribution in [0.4, 0.5) is 11.4 Å². The minimum absolute atomic E-state index is 0.00421. The molecular formula is C26H34Br2N2O7. The molecule has 0 atom stereocenters. The summed E-state index contributed by atoms with van der Waals surface area (Å²) in [6.07, 6.45) is 1.26. The number of methoxy groups -OCH3 is 2. The molecule has 2 aromatic carbocycles. The van der Waals surface area contributed by atoms with Crippen LogP contribution in [0.2, 0.25) is 0 Å². The number of hydrogen-bond donors (Lipinski definition) is 3. The summed E-state index contributed by atoms with van der Waals surface area (Å²) in [6, 6.07) is 10.5. The SMILES string of the molecule is CCC(=O)c1ccc(Br)cc1N.CCC(=O)c1ccc(Br)cc1NC(=O)CCOC.COCCC(=O)O. The fourth-order valence-corrected chi connectivity index (χ4v) is 3.37. The number of amides is 1. The summed E-state index contributed by atoms with van der Waals surface area (Å²) in [6.45, 7) is 4.27. The van der Waals surface area contributed by atoms with E-state index in [1.165, 1.54) is 7.11 Å². The molecule has 0 aromatic heterocycles. The van der Waals surface area contributed by atoms with Gasteiger partial charge >= 0.3 is 5.97 Å². The van der Waals surface area contributed by atoms with Crippen LogP contribution in [0.1, 0.15) is 60.2 Å². The van der Waals surface area contributed by atoms with Gasteiger partial charge in [-0.1, -0.05) is 45.7 Å². The molecule has 4 N–H and O–H groups in total. The number of aliphatic carboxylic acids is 1. The Morgan fingerprint density at radius 3 is 1.78 bits per heavy atom. The molecule has 0 aliphatic rings. The zero-order valence-corrected chi connectivity index (χ0v) is 24.6. The van der Waals surface area contributed by atoms with E-state index in [0.29, 0.717) is 48.6 Å². The summed E-state index contributed by atoms with van der Waals surface area (Å²) in [7, 11) is 3.02. The van der Waals surface area contributed by atoms with Gasteiger partial charge in [-0.2, -0.15) is 0 Å². The van der Waals surface area contributed by atoms with E-state index in [9.17, 15) is 19.2 Å². The van der Waals surface area contributed by atoms with Crippen LogP contribution < -0.4 is 11.1 Å². The number of ether oxygens (including phenoxy) is 2. The van der Waals surface area contributed by atoms with Gasteiger partial charge in [0, 0.05) is 52.8 Å². The molecule has 11 heteroatoms. The highest BCUT2D eigenvalue weighted by Gasteiger charge is 2.12. The van der Waals surface area contributed by atoms with E-state index in [-0.39, 0.29) is 30.3 Å². The summed E-state index contributed by atoms with van der Waals surface area (Å²) >= 11 is 6.60. The zero-order valence-electron chi connectivity index (χ0n) is 21.4. The average Bonchev–Trinajstić information content (AvgIpc) is 2.86. The molecule has 0 bridgehead atoms. The van der Waals surface area contributed by atoms with Crippen molar-refractivity contribution >= 4 is 66.7 Å². The van der Waals surface area contributed by atoms with Crippen LogP contribution in [-0.2, 0) is 19.1 Å². The smallest absolute Gasteiger partial charge is 0.305 e. The van der Waals surface area contributed by atoms with E-state index in [2.05, 4.69) is 41.9 Å². The number of ketones is 2. The minimum Gasteiger partial charge on any atom is -0.481 e. The Hall–Kier alpha value is -2.60. The molecule has 204 valence electrons. The van der Waals surface area contributed by atoms with Gasteiger partial charge in [-0.15, -0.1) is 0 Å². The van der Waals surface area contributed by atoms with Gasteiger partial charge in [0.2, 0.25) is 5.91 Å². The number of benzene rings is 2. The molecule has 0 unspecified atom stereocenters. The molecule has 0 spiro atoms. The van der Waals surface area contributed by atoms with E-state index in [1.54, 1.807) is 44.4 Å². The van der Waals surface area contributed by atoms with Crippen molar-refractivity contribution in [3.63, 3.8) is 0 Å². The van der Waals surface area contributed by atoms with Crippen molar-refractivity contribution in [2.24, 2.45) is 0 Å². The number of carbonyl (C=O) groups excluding carboxylic acids is 3. The van der Waals surface area contributed by atoms with E-state index in [0.717, 1.165) is 8.95 Å². The first-order valence-corrected chi connectivity index (χ1v) is 13.0. The maximum atomic E-state index is 11.7. The summed E-state index contributed by atoms with van der Waals surface area (Å²) in [5, 5.41) is 10.7. The highest BCUT2D eigenvalue weighted by Crippen LogP contribution is 2.23. The lowest BCUT2D eigenvalue weighted by Gasteiger charge is -2.10. The van der Waals surface area contributed by atoms with Crippen LogP contribution in [-0.4, -0.2) is 56.0 Å². The van der Waals surface area contributed by atoms with Gasteiger partial charge in [-0.25, -0.2) is 0 Å². The summed E-state index contributed by atoms with van der Waals surface area (Å²) in [5.74, 6) is -0.897. The molecule has 2 aromatic rings. The number of carboxylic acid groups (broad SMARTS) is 1. The van der Waals surface area contributed by atoms with Crippen molar-refractivity contribution in [2.45, 2.75) is 39.5 Å². The first-order valence-electron chi connectivity index (χ1n) is 11.4. The van der Waals surface area contributed by atoms with Crippen LogP contribution in [0.25, 0.3) is 0 Å². The van der Waals surface area contributed by atoms with Crippen molar-refractivity contribution in [1.82, 2.24) is 0 Å². The standard InChI is InChI=1S/C13H16BrNO3.C9H10BrNO.C4H8O3/c1-3-12(16)10-5-4-9(14)8-11(10)15-13(17)6-7-18-2;1-2-9(12)7-4-3-6(10)5-8(7)11;1-7-3-2-4(5)6/h4-5,8H,3,6-7H2,1-2H3,(H,15,17);3-5H,2,11H2,1H3;2-3H2,1H3,(H,5,6). The summed E-state index contributed by atoms with van der Waals surface area (Å²) in [4.78, 5) is 44.3. The lowest BCUT2D eigenvalue weighted by Crippen LogP contribution is -2.16. The van der Waals surface area contributed by atoms with Crippen LogP contribution in [0.3, 0.4) is 0 Å². The fourth-order valence-electron chi connectivity index (χ4n) is 2.63. The van der Waals surface area contributed by atoms with Crippen molar-refractivity contribution in [2.75, 3.05) is 38.5 Å². The van der Waals surface area contributed by atoms with Crippen molar-refractivity contribution < 1.29 is 33.8 Å². The van der Waals surface area contributed by atoms with Gasteiger partial charge in [-0.05, 0) is 36.4 Å². The maximum Gasteiger partial charge on any atom is 0.305 e. The number of carbonyl (C=O) groups is 4. The summed E-state index contributed by atoms with van der Waals surface area (Å²) < 4.78 is 11.0. The third-order valence-electron chi connectivity index (χ3n) is 4.57. The Bertz CT molecular complexity index is 1050. The van der Waals surface area contributed by atoms with Crippen molar-refractivity contribution in [3.8, 4) is 0 Å². The van der Waals surface area contributed by atoms with E-state index in [1.807, 2.05) is 13.0 Å². The Morgan fingerprint density at radius 1 is 0.838 bits per heavy atom. The Morgan fingerprint density at radius 2 is 1.32 bits per heavy atom. The maximum absolute atomic E-state index is 11.7.